The average Bonchev–Trinajstić information content (AvgIpc) is 3.00. The number of carbonyl (C=O) groups is 3. The van der Waals surface area contributed by atoms with Gasteiger partial charge in [0.15, 0.2) is 6.10 Å². The number of carbonyl (C=O) groups excluding carboxylic acids is 2. The second kappa shape index (κ2) is 30.4. The summed E-state index contributed by atoms with van der Waals surface area (Å²) in [6.45, 7) is 4.78. The number of hydrogen-bond acceptors (Lipinski definition) is 7. The number of aliphatic carboxylic acids is 1. The molecule has 9 nitrogen and oxygen atoms in total. The molecule has 0 radical (unpaired) electrons. The second-order valence-corrected chi connectivity index (χ2v) is 13.5. The van der Waals surface area contributed by atoms with Crippen LogP contribution in [0, 0.1) is 0 Å². The van der Waals surface area contributed by atoms with Crippen LogP contribution in [0.3, 0.4) is 0 Å². The van der Waals surface area contributed by atoms with Gasteiger partial charge in [-0.05, 0) is 38.5 Å². The van der Waals surface area contributed by atoms with Crippen LogP contribution >= 0.6 is 0 Å². The lowest BCUT2D eigenvalue weighted by Crippen LogP contribution is -2.40. The Kier molecular flexibility index (Phi) is 29.1. The van der Waals surface area contributed by atoms with E-state index in [9.17, 15) is 19.5 Å². The molecule has 0 saturated heterocycles. The van der Waals surface area contributed by atoms with E-state index in [-0.39, 0.29) is 32.2 Å². The summed E-state index contributed by atoms with van der Waals surface area (Å²) in [6, 6.07) is 0. The molecule has 0 aliphatic rings. The normalized spacial score (nSPS) is 13.2. The van der Waals surface area contributed by atoms with Crippen molar-refractivity contribution in [2.75, 3.05) is 47.5 Å². The number of ether oxygens (including phenoxy) is 4. The van der Waals surface area contributed by atoms with E-state index in [1.165, 1.54) is 64.2 Å². The highest BCUT2D eigenvalue weighted by Gasteiger charge is 2.25. The molecule has 270 valence electrons. The third kappa shape index (κ3) is 30.7. The van der Waals surface area contributed by atoms with Gasteiger partial charge >= 0.3 is 17.9 Å². The van der Waals surface area contributed by atoms with Crippen molar-refractivity contribution < 1.29 is 42.9 Å². The van der Waals surface area contributed by atoms with Crippen molar-refractivity contribution in [1.82, 2.24) is 0 Å². The molecular weight excluding hydrogens is 586 g/mol. The summed E-state index contributed by atoms with van der Waals surface area (Å²) in [5.74, 6) is -2.03. The molecule has 0 rings (SSSR count). The van der Waals surface area contributed by atoms with Crippen LogP contribution in [-0.2, 0) is 33.3 Å². The van der Waals surface area contributed by atoms with Gasteiger partial charge in [0, 0.05) is 12.8 Å². The Hall–Kier alpha value is -1.97. The molecule has 2 atom stereocenters. The molecule has 0 heterocycles. The molecule has 9 heteroatoms. The minimum absolute atomic E-state index is 0.182. The summed E-state index contributed by atoms with van der Waals surface area (Å²) in [5.41, 5.74) is 0. The summed E-state index contributed by atoms with van der Waals surface area (Å²) in [6.07, 6.45) is 24.3. The smallest absolute Gasteiger partial charge is 0.361 e. The zero-order valence-corrected chi connectivity index (χ0v) is 30.2. The lowest BCUT2D eigenvalue weighted by Gasteiger charge is -2.25. The summed E-state index contributed by atoms with van der Waals surface area (Å²) < 4.78 is 22.5. The predicted octanol–water partition coefficient (Wildman–Crippen LogP) is 8.38. The topological polar surface area (TPSA) is 108 Å². The number of hydrogen-bond donors (Lipinski definition) is 1. The van der Waals surface area contributed by atoms with Crippen LogP contribution in [0.25, 0.3) is 0 Å². The van der Waals surface area contributed by atoms with Crippen molar-refractivity contribution in [2.45, 2.75) is 161 Å². The third-order valence-electron chi connectivity index (χ3n) is 7.77. The van der Waals surface area contributed by atoms with Gasteiger partial charge in [-0.1, -0.05) is 109 Å². The predicted molar refractivity (Wildman–Crippen MR) is 185 cm³/mol. The second-order valence-electron chi connectivity index (χ2n) is 13.5. The highest BCUT2D eigenvalue weighted by molar-refractivity contribution is 5.71. The molecule has 0 aliphatic carbocycles. The molecule has 0 amide bonds. The van der Waals surface area contributed by atoms with Crippen molar-refractivity contribution in [1.29, 1.82) is 0 Å². The van der Waals surface area contributed by atoms with E-state index in [0.29, 0.717) is 23.9 Å². The number of esters is 2. The summed E-state index contributed by atoms with van der Waals surface area (Å²) >= 11 is 0. The van der Waals surface area contributed by atoms with E-state index in [2.05, 4.69) is 26.0 Å². The minimum Gasteiger partial charge on any atom is -0.477 e. The van der Waals surface area contributed by atoms with Gasteiger partial charge in [0.05, 0.1) is 34.4 Å². The van der Waals surface area contributed by atoms with E-state index in [0.717, 1.165) is 51.4 Å². The molecule has 46 heavy (non-hydrogen) atoms. The standard InChI is InChI=1S/C37H69NO8/c1-6-8-10-12-14-15-16-17-18-19-20-22-24-26-28-35(40)46-33(31-44-34(39)27-25-23-21-13-11-9-7-2)32-45-37(36(41)42)43-30-29-38(3,4)5/h16-17,33,37H,6-15,18-32H2,1-5H3/p+1/b17-16-. The zero-order chi connectivity index (χ0) is 34.3. The molecule has 1 N–H and O–H groups in total. The highest BCUT2D eigenvalue weighted by Crippen LogP contribution is 2.12. The van der Waals surface area contributed by atoms with Crippen LogP contribution in [-0.4, -0.2) is 87.4 Å². The molecule has 0 aliphatic heterocycles. The SMILES string of the molecule is CCCCCCC/C=C\CCCCCCCC(=O)OC(COC(=O)CCCCCCCCC)COC(OCC[N+](C)(C)C)C(=O)O. The molecule has 0 aromatic heterocycles. The number of allylic oxidation sites excluding steroid dienone is 2. The van der Waals surface area contributed by atoms with Crippen molar-refractivity contribution in [3.8, 4) is 0 Å². The number of carboxylic acid groups (broad SMARTS) is 1. The van der Waals surface area contributed by atoms with Gasteiger partial charge in [-0.25, -0.2) is 4.79 Å². The van der Waals surface area contributed by atoms with Crippen LogP contribution < -0.4 is 0 Å². The van der Waals surface area contributed by atoms with Gasteiger partial charge in [-0.15, -0.1) is 0 Å². The summed E-state index contributed by atoms with van der Waals surface area (Å²) in [7, 11) is 5.93. The van der Waals surface area contributed by atoms with Crippen molar-refractivity contribution in [2.24, 2.45) is 0 Å². The Morgan fingerprint density at radius 2 is 1.11 bits per heavy atom. The number of rotatable bonds is 33. The van der Waals surface area contributed by atoms with Crippen LogP contribution in [0.5, 0.6) is 0 Å². The first-order valence-electron chi connectivity index (χ1n) is 18.4. The number of likely N-dealkylation sites (N-methyl/N-ethyl adjacent to an activating group) is 1. The fraction of sp³-hybridized carbons (Fsp3) is 0.865. The fourth-order valence-electron chi connectivity index (χ4n) is 4.83. The Balaban J connectivity index is 4.54. The molecular formula is C37H70NO8+. The maximum atomic E-state index is 12.6. The Morgan fingerprint density at radius 3 is 1.61 bits per heavy atom. The van der Waals surface area contributed by atoms with E-state index in [4.69, 9.17) is 18.9 Å². The van der Waals surface area contributed by atoms with Gasteiger partial charge in [0.2, 0.25) is 0 Å². The van der Waals surface area contributed by atoms with Crippen molar-refractivity contribution in [3.63, 3.8) is 0 Å². The first-order chi connectivity index (χ1) is 22.1. The van der Waals surface area contributed by atoms with Crippen LogP contribution in [0.4, 0.5) is 0 Å². The van der Waals surface area contributed by atoms with E-state index < -0.39 is 24.3 Å². The number of unbranched alkanes of at least 4 members (excludes halogenated alkanes) is 16. The monoisotopic (exact) mass is 657 g/mol. The van der Waals surface area contributed by atoms with Gasteiger partial charge < -0.3 is 28.5 Å². The molecule has 0 aromatic rings. The Labute approximate surface area is 281 Å². The maximum absolute atomic E-state index is 12.6. The van der Waals surface area contributed by atoms with E-state index in [1.54, 1.807) is 0 Å². The molecule has 0 saturated carbocycles. The first-order valence-corrected chi connectivity index (χ1v) is 18.4. The van der Waals surface area contributed by atoms with Gasteiger partial charge in [-0.2, -0.15) is 0 Å². The summed E-state index contributed by atoms with van der Waals surface area (Å²) in [5, 5.41) is 9.55. The highest BCUT2D eigenvalue weighted by atomic mass is 16.7. The van der Waals surface area contributed by atoms with Gasteiger partial charge in [0.1, 0.15) is 13.2 Å². The van der Waals surface area contributed by atoms with Gasteiger partial charge in [-0.3, -0.25) is 9.59 Å². The third-order valence-corrected chi connectivity index (χ3v) is 7.77. The quantitative estimate of drug-likeness (QED) is 0.0247. The lowest BCUT2D eigenvalue weighted by molar-refractivity contribution is -0.870. The van der Waals surface area contributed by atoms with E-state index in [1.807, 2.05) is 21.1 Å². The largest absolute Gasteiger partial charge is 0.477 e. The first kappa shape index (κ1) is 44.0. The number of nitrogens with zero attached hydrogens (tertiary/aromatic N) is 1. The van der Waals surface area contributed by atoms with E-state index >= 15 is 0 Å². The van der Waals surface area contributed by atoms with Crippen LogP contribution in [0.1, 0.15) is 149 Å². The number of quaternary nitrogens is 1. The molecule has 0 fully saturated rings. The minimum atomic E-state index is -1.50. The van der Waals surface area contributed by atoms with Crippen LogP contribution in [0.2, 0.25) is 0 Å². The number of carboxylic acids is 1. The Morgan fingerprint density at radius 1 is 0.630 bits per heavy atom. The molecule has 0 spiro atoms. The molecule has 2 unspecified atom stereocenters. The average molecular weight is 657 g/mol. The maximum Gasteiger partial charge on any atom is 0.361 e. The van der Waals surface area contributed by atoms with Crippen molar-refractivity contribution in [3.05, 3.63) is 12.2 Å². The molecule has 0 bridgehead atoms. The summed E-state index contributed by atoms with van der Waals surface area (Å²) in [4.78, 5) is 36.7. The van der Waals surface area contributed by atoms with Crippen molar-refractivity contribution >= 4 is 17.9 Å². The Bertz CT molecular complexity index is 780. The fourth-order valence-corrected chi connectivity index (χ4v) is 4.83. The van der Waals surface area contributed by atoms with Crippen LogP contribution in [0.15, 0.2) is 12.2 Å². The van der Waals surface area contributed by atoms with Gasteiger partial charge in [0.25, 0.3) is 6.29 Å². The molecule has 0 aromatic carbocycles. The lowest BCUT2D eigenvalue weighted by atomic mass is 10.1. The zero-order valence-electron chi connectivity index (χ0n) is 30.2.